The molecule has 1 aromatic rings. The molecule has 2 nitrogen and oxygen atoms in total. The van der Waals surface area contributed by atoms with E-state index in [0.29, 0.717) is 0 Å². The highest BCUT2D eigenvalue weighted by Gasteiger charge is 1.92. The van der Waals surface area contributed by atoms with Crippen molar-refractivity contribution in [2.45, 2.75) is 0 Å². The fraction of sp³-hybridized carbons (Fsp3) is 0.133. The number of allylic oxidation sites excluding steroid dienone is 4. The molecule has 1 N–H and O–H groups in total. The first-order chi connectivity index (χ1) is 8.09. The molecule has 1 rings (SSSR count). The highest BCUT2D eigenvalue weighted by Crippen LogP contribution is 2.03. The first-order valence-electron chi connectivity index (χ1n) is 5.47. The lowest BCUT2D eigenvalue weighted by atomic mass is 10.2. The van der Waals surface area contributed by atoms with E-state index in [0.717, 1.165) is 17.0 Å². The molecular formula is C15H19N2+. The number of likely N-dealkylation sites (N-methyl/N-ethyl adjacent to an activating group) is 1. The topological polar surface area (TPSA) is 17.4 Å². The Bertz CT molecular complexity index is 439. The van der Waals surface area contributed by atoms with Crippen molar-refractivity contribution in [2.24, 2.45) is 0 Å². The van der Waals surface area contributed by atoms with Gasteiger partial charge in [0.05, 0.1) is 0 Å². The second kappa shape index (κ2) is 6.48. The highest BCUT2D eigenvalue weighted by molar-refractivity contribution is 5.49. The van der Waals surface area contributed by atoms with E-state index in [-0.39, 0.29) is 0 Å². The van der Waals surface area contributed by atoms with Crippen LogP contribution in [-0.4, -0.2) is 19.0 Å². The van der Waals surface area contributed by atoms with Crippen LogP contribution in [0.25, 0.3) is 6.08 Å². The van der Waals surface area contributed by atoms with Crippen LogP contribution in [0.4, 0.5) is 0 Å². The van der Waals surface area contributed by atoms with Gasteiger partial charge in [-0.05, 0) is 23.8 Å². The van der Waals surface area contributed by atoms with E-state index >= 15 is 0 Å². The Labute approximate surface area is 103 Å². The monoisotopic (exact) mass is 227 g/mol. The van der Waals surface area contributed by atoms with Crippen LogP contribution in [0.5, 0.6) is 0 Å². The number of hydrogen-bond donors (Lipinski definition) is 0. The van der Waals surface area contributed by atoms with Crippen LogP contribution < -0.4 is 4.98 Å². The van der Waals surface area contributed by atoms with Crippen molar-refractivity contribution in [3.8, 4) is 0 Å². The van der Waals surface area contributed by atoms with Gasteiger partial charge in [-0.2, -0.15) is 0 Å². The summed E-state index contributed by atoms with van der Waals surface area (Å²) in [4.78, 5) is 5.09. The second-order valence-corrected chi connectivity index (χ2v) is 3.95. The molecule has 0 aliphatic carbocycles. The average molecular weight is 227 g/mol. The number of hydrogen-bond acceptors (Lipinski definition) is 1. The van der Waals surface area contributed by atoms with E-state index < -0.39 is 0 Å². The summed E-state index contributed by atoms with van der Waals surface area (Å²) < 4.78 is 0. The van der Waals surface area contributed by atoms with Gasteiger partial charge in [0, 0.05) is 38.0 Å². The fourth-order valence-corrected chi connectivity index (χ4v) is 1.12. The number of nitrogens with zero attached hydrogens (tertiary/aromatic N) is 1. The lowest BCUT2D eigenvalue weighted by Gasteiger charge is -2.10. The average Bonchev–Trinajstić information content (AvgIpc) is 2.34. The Morgan fingerprint density at radius 1 is 1.18 bits per heavy atom. The third kappa shape index (κ3) is 4.98. The molecule has 0 radical (unpaired) electrons. The molecule has 0 saturated heterocycles. The van der Waals surface area contributed by atoms with Gasteiger partial charge in [0.15, 0.2) is 6.20 Å². The Kier molecular flexibility index (Phi) is 4.95. The molecule has 1 heterocycles. The van der Waals surface area contributed by atoms with Gasteiger partial charge in [-0.1, -0.05) is 19.2 Å². The standard InChI is InChI=1S/C15H18N2/c1-13(8-10-14(2)17(3)4)9-11-15-7-5-6-12-16-15/h5-12H,1-2H2,3-4H3/p+1/b10-8-,11-9+. The first-order valence-corrected chi connectivity index (χ1v) is 5.47. The predicted octanol–water partition coefficient (Wildman–Crippen LogP) is 2.70. The molecule has 0 saturated carbocycles. The Balaban J connectivity index is 2.56. The van der Waals surface area contributed by atoms with Gasteiger partial charge in [0.25, 0.3) is 0 Å². The third-order valence-corrected chi connectivity index (χ3v) is 2.27. The third-order valence-electron chi connectivity index (χ3n) is 2.27. The zero-order valence-electron chi connectivity index (χ0n) is 10.5. The number of H-pyrrole nitrogens is 1. The molecule has 0 aliphatic rings. The van der Waals surface area contributed by atoms with Gasteiger partial charge in [-0.25, -0.2) is 4.98 Å². The lowest BCUT2D eigenvalue weighted by molar-refractivity contribution is -0.380. The van der Waals surface area contributed by atoms with Gasteiger partial charge in [-0.3, -0.25) is 0 Å². The number of pyridine rings is 1. The van der Waals surface area contributed by atoms with E-state index in [1.165, 1.54) is 0 Å². The van der Waals surface area contributed by atoms with Gasteiger partial charge in [-0.15, -0.1) is 0 Å². The fourth-order valence-electron chi connectivity index (χ4n) is 1.12. The Morgan fingerprint density at radius 3 is 2.53 bits per heavy atom. The molecule has 0 atom stereocenters. The number of aromatic nitrogens is 1. The van der Waals surface area contributed by atoms with Gasteiger partial charge < -0.3 is 4.90 Å². The minimum Gasteiger partial charge on any atom is -0.378 e. The SMILES string of the molecule is C=C(/C=C\C(=C)N(C)C)/C=C/c1cccc[nH+]1. The van der Waals surface area contributed by atoms with Crippen molar-refractivity contribution in [1.29, 1.82) is 0 Å². The maximum atomic E-state index is 3.95. The van der Waals surface area contributed by atoms with Crippen molar-refractivity contribution in [1.82, 2.24) is 4.90 Å². The number of aromatic amines is 1. The summed E-state index contributed by atoms with van der Waals surface area (Å²) in [5.41, 5.74) is 2.93. The Morgan fingerprint density at radius 2 is 1.94 bits per heavy atom. The molecule has 0 amide bonds. The molecule has 0 bridgehead atoms. The molecule has 0 unspecified atom stereocenters. The normalized spacial score (nSPS) is 10.9. The summed E-state index contributed by atoms with van der Waals surface area (Å²) in [6.45, 7) is 7.87. The minimum atomic E-state index is 0.935. The van der Waals surface area contributed by atoms with Gasteiger partial charge >= 0.3 is 0 Å². The van der Waals surface area contributed by atoms with Crippen molar-refractivity contribution >= 4 is 6.08 Å². The molecule has 0 fully saturated rings. The largest absolute Gasteiger partial charge is 0.378 e. The molecule has 2 heteroatoms. The first kappa shape index (κ1) is 13.0. The molecule has 1 aromatic heterocycles. The number of nitrogens with one attached hydrogen (secondary N) is 1. The van der Waals surface area contributed by atoms with E-state index in [4.69, 9.17) is 0 Å². The van der Waals surface area contributed by atoms with Gasteiger partial charge in [0.2, 0.25) is 5.69 Å². The number of rotatable bonds is 5. The summed E-state index contributed by atoms with van der Waals surface area (Å²) >= 11 is 0. The molecule has 0 aliphatic heterocycles. The van der Waals surface area contributed by atoms with Crippen LogP contribution in [0.2, 0.25) is 0 Å². The highest BCUT2D eigenvalue weighted by atomic mass is 15.1. The van der Waals surface area contributed by atoms with Crippen molar-refractivity contribution < 1.29 is 4.98 Å². The Hall–Kier alpha value is -2.09. The second-order valence-electron chi connectivity index (χ2n) is 3.95. The van der Waals surface area contributed by atoms with Crippen LogP contribution in [-0.2, 0) is 0 Å². The van der Waals surface area contributed by atoms with Crippen LogP contribution in [0.1, 0.15) is 5.69 Å². The summed E-state index contributed by atoms with van der Waals surface area (Å²) in [7, 11) is 3.93. The molecule has 0 aromatic carbocycles. The van der Waals surface area contributed by atoms with E-state index in [1.807, 2.05) is 67.7 Å². The molecular weight excluding hydrogens is 208 g/mol. The summed E-state index contributed by atoms with van der Waals surface area (Å²) in [5, 5.41) is 0. The van der Waals surface area contributed by atoms with Crippen LogP contribution in [0.15, 0.2) is 67.1 Å². The van der Waals surface area contributed by atoms with Crippen molar-refractivity contribution in [2.75, 3.05) is 14.1 Å². The van der Waals surface area contributed by atoms with E-state index in [1.54, 1.807) is 0 Å². The van der Waals surface area contributed by atoms with Crippen LogP contribution in [0.3, 0.4) is 0 Å². The maximum absolute atomic E-state index is 3.95. The van der Waals surface area contributed by atoms with Gasteiger partial charge in [0.1, 0.15) is 0 Å². The summed E-state index contributed by atoms with van der Waals surface area (Å²) in [6, 6.07) is 5.95. The molecule has 88 valence electrons. The molecule has 17 heavy (non-hydrogen) atoms. The zero-order valence-corrected chi connectivity index (χ0v) is 10.5. The van der Waals surface area contributed by atoms with Crippen molar-refractivity contribution in [3.05, 3.63) is 72.7 Å². The zero-order chi connectivity index (χ0) is 12.7. The lowest BCUT2D eigenvalue weighted by Crippen LogP contribution is -2.07. The smallest absolute Gasteiger partial charge is 0.203 e. The summed E-state index contributed by atoms with van der Waals surface area (Å²) in [5.74, 6) is 0. The quantitative estimate of drug-likeness (QED) is 0.707. The summed E-state index contributed by atoms with van der Waals surface area (Å²) in [6.07, 6.45) is 9.74. The van der Waals surface area contributed by atoms with Crippen LogP contribution in [0, 0.1) is 0 Å². The minimum absolute atomic E-state index is 0.935. The van der Waals surface area contributed by atoms with E-state index in [2.05, 4.69) is 18.1 Å². The maximum Gasteiger partial charge on any atom is 0.203 e. The predicted molar refractivity (Wildman–Crippen MR) is 73.1 cm³/mol. The van der Waals surface area contributed by atoms with Crippen LogP contribution >= 0.6 is 0 Å². The van der Waals surface area contributed by atoms with E-state index in [9.17, 15) is 0 Å². The molecule has 0 spiro atoms. The van der Waals surface area contributed by atoms with Crippen molar-refractivity contribution in [3.63, 3.8) is 0 Å².